The molecule has 0 aromatic heterocycles. The van der Waals surface area contributed by atoms with Gasteiger partial charge in [0.05, 0.1) is 7.11 Å². The molecule has 1 aromatic rings. The second-order valence-electron chi connectivity index (χ2n) is 3.39. The molecule has 0 bridgehead atoms. The summed E-state index contributed by atoms with van der Waals surface area (Å²) in [6.07, 6.45) is 0.222. The molecule has 1 aromatic carbocycles. The topological polar surface area (TPSA) is 110 Å². The predicted molar refractivity (Wildman–Crippen MR) is 61.1 cm³/mol. The number of hydrogen-bond donors (Lipinski definition) is 2. The van der Waals surface area contributed by atoms with Crippen molar-refractivity contribution in [3.8, 4) is 11.5 Å². The van der Waals surface area contributed by atoms with Crippen LogP contribution in [0.3, 0.4) is 0 Å². The molecule has 0 radical (unpaired) electrons. The SMILES string of the molecule is COc1cc(CCC(=O)O)ccc1OS(=O)(=O)O. The third kappa shape index (κ3) is 4.60. The molecule has 18 heavy (non-hydrogen) atoms. The van der Waals surface area contributed by atoms with Crippen molar-refractivity contribution in [3.05, 3.63) is 23.8 Å². The van der Waals surface area contributed by atoms with Crippen LogP contribution in [0.1, 0.15) is 12.0 Å². The van der Waals surface area contributed by atoms with Gasteiger partial charge in [-0.05, 0) is 24.1 Å². The standard InChI is InChI=1S/C10H12O7S/c1-16-9-6-7(3-5-10(11)12)2-4-8(9)17-18(13,14)15/h2,4,6H,3,5H2,1H3,(H,11,12)(H,13,14,15). The van der Waals surface area contributed by atoms with Crippen LogP contribution in [0.25, 0.3) is 0 Å². The minimum atomic E-state index is -4.62. The number of ether oxygens (including phenoxy) is 1. The lowest BCUT2D eigenvalue weighted by atomic mass is 10.1. The van der Waals surface area contributed by atoms with Gasteiger partial charge in [0.1, 0.15) is 0 Å². The lowest BCUT2D eigenvalue weighted by molar-refractivity contribution is -0.136. The van der Waals surface area contributed by atoms with Gasteiger partial charge in [0.15, 0.2) is 11.5 Å². The number of carbonyl (C=O) groups is 1. The van der Waals surface area contributed by atoms with Crippen molar-refractivity contribution in [1.29, 1.82) is 0 Å². The smallest absolute Gasteiger partial charge is 0.446 e. The molecule has 0 aliphatic heterocycles. The van der Waals surface area contributed by atoms with Gasteiger partial charge in [0, 0.05) is 6.42 Å². The van der Waals surface area contributed by atoms with Crippen LogP contribution in [-0.4, -0.2) is 31.2 Å². The zero-order valence-electron chi connectivity index (χ0n) is 9.49. The number of rotatable bonds is 6. The summed E-state index contributed by atoms with van der Waals surface area (Å²) in [5.74, 6) is -1.01. The van der Waals surface area contributed by atoms with E-state index in [2.05, 4.69) is 4.18 Å². The summed E-state index contributed by atoms with van der Waals surface area (Å²) in [4.78, 5) is 10.4. The molecule has 0 saturated heterocycles. The molecule has 1 rings (SSSR count). The van der Waals surface area contributed by atoms with Crippen LogP contribution in [0.4, 0.5) is 0 Å². The van der Waals surface area contributed by atoms with Crippen molar-refractivity contribution in [3.63, 3.8) is 0 Å². The van der Waals surface area contributed by atoms with Crippen LogP contribution in [0.5, 0.6) is 11.5 Å². The summed E-state index contributed by atoms with van der Waals surface area (Å²) < 4.78 is 38.9. The highest BCUT2D eigenvalue weighted by atomic mass is 32.3. The Hall–Kier alpha value is -1.80. The number of hydrogen-bond acceptors (Lipinski definition) is 5. The maximum Gasteiger partial charge on any atom is 0.446 e. The minimum Gasteiger partial charge on any atom is -0.493 e. The Balaban J connectivity index is 2.93. The normalized spacial score (nSPS) is 11.0. The first-order valence-electron chi connectivity index (χ1n) is 4.87. The van der Waals surface area contributed by atoms with Gasteiger partial charge in [-0.2, -0.15) is 8.42 Å². The zero-order valence-corrected chi connectivity index (χ0v) is 10.3. The number of aliphatic carboxylic acids is 1. The molecule has 0 unspecified atom stereocenters. The minimum absolute atomic E-state index is 0.0539. The van der Waals surface area contributed by atoms with Crippen LogP contribution in [0.15, 0.2) is 18.2 Å². The van der Waals surface area contributed by atoms with Crippen molar-refractivity contribution >= 4 is 16.4 Å². The highest BCUT2D eigenvalue weighted by Gasteiger charge is 2.13. The fourth-order valence-electron chi connectivity index (χ4n) is 1.30. The summed E-state index contributed by atoms with van der Waals surface area (Å²) in [6, 6.07) is 4.22. The lowest BCUT2D eigenvalue weighted by Crippen LogP contribution is -2.08. The maximum absolute atomic E-state index is 10.6. The van der Waals surface area contributed by atoms with Crippen LogP contribution >= 0.6 is 0 Å². The predicted octanol–water partition coefficient (Wildman–Crippen LogP) is 0.894. The molecule has 100 valence electrons. The maximum atomic E-state index is 10.6. The average Bonchev–Trinajstić information content (AvgIpc) is 2.25. The number of carboxylic acid groups (broad SMARTS) is 1. The van der Waals surface area contributed by atoms with Crippen LogP contribution in [0, 0.1) is 0 Å². The monoisotopic (exact) mass is 276 g/mol. The quantitative estimate of drug-likeness (QED) is 0.742. The van der Waals surface area contributed by atoms with Gasteiger partial charge in [0.2, 0.25) is 0 Å². The molecule has 0 fully saturated rings. The van der Waals surface area contributed by atoms with E-state index in [1.165, 1.54) is 25.3 Å². The molecule has 0 amide bonds. The highest BCUT2D eigenvalue weighted by molar-refractivity contribution is 7.81. The lowest BCUT2D eigenvalue weighted by Gasteiger charge is -2.09. The van der Waals surface area contributed by atoms with E-state index in [9.17, 15) is 13.2 Å². The third-order valence-corrected chi connectivity index (χ3v) is 2.44. The van der Waals surface area contributed by atoms with E-state index in [-0.39, 0.29) is 24.3 Å². The van der Waals surface area contributed by atoms with Crippen molar-refractivity contribution in [1.82, 2.24) is 0 Å². The van der Waals surface area contributed by atoms with Crippen LogP contribution < -0.4 is 8.92 Å². The van der Waals surface area contributed by atoms with E-state index >= 15 is 0 Å². The van der Waals surface area contributed by atoms with Gasteiger partial charge in [-0.1, -0.05) is 6.07 Å². The van der Waals surface area contributed by atoms with Gasteiger partial charge < -0.3 is 14.0 Å². The fraction of sp³-hybridized carbons (Fsp3) is 0.300. The Labute approximate surface area is 104 Å². The fourth-order valence-corrected chi connectivity index (χ4v) is 1.67. The van der Waals surface area contributed by atoms with E-state index in [4.69, 9.17) is 14.4 Å². The Morgan fingerprint density at radius 3 is 2.50 bits per heavy atom. The second-order valence-corrected chi connectivity index (χ2v) is 4.41. The van der Waals surface area contributed by atoms with Gasteiger partial charge in [-0.15, -0.1) is 0 Å². The highest BCUT2D eigenvalue weighted by Crippen LogP contribution is 2.29. The molecule has 0 spiro atoms. The van der Waals surface area contributed by atoms with E-state index in [1.54, 1.807) is 0 Å². The molecule has 8 heteroatoms. The van der Waals surface area contributed by atoms with Crippen molar-refractivity contribution in [2.45, 2.75) is 12.8 Å². The number of carboxylic acids is 1. The van der Waals surface area contributed by atoms with E-state index in [0.29, 0.717) is 5.56 Å². The van der Waals surface area contributed by atoms with Crippen molar-refractivity contribution in [2.75, 3.05) is 7.11 Å². The second kappa shape index (κ2) is 5.69. The Bertz CT molecular complexity index is 535. The first kappa shape index (κ1) is 14.3. The van der Waals surface area contributed by atoms with E-state index in [1.807, 2.05) is 0 Å². The Morgan fingerprint density at radius 1 is 1.33 bits per heavy atom. The summed E-state index contributed by atoms with van der Waals surface area (Å²) in [5.41, 5.74) is 0.650. The molecule has 0 atom stereocenters. The number of methoxy groups -OCH3 is 1. The third-order valence-electron chi connectivity index (χ3n) is 2.05. The molecule has 0 heterocycles. The van der Waals surface area contributed by atoms with Gasteiger partial charge in [-0.3, -0.25) is 9.35 Å². The van der Waals surface area contributed by atoms with Gasteiger partial charge in [-0.25, -0.2) is 0 Å². The summed E-state index contributed by atoms with van der Waals surface area (Å²) in [5, 5.41) is 8.54. The van der Waals surface area contributed by atoms with Crippen molar-refractivity contribution in [2.24, 2.45) is 0 Å². The average molecular weight is 276 g/mol. The molecular weight excluding hydrogens is 264 g/mol. The molecule has 0 saturated carbocycles. The molecule has 0 aliphatic carbocycles. The van der Waals surface area contributed by atoms with Crippen LogP contribution in [-0.2, 0) is 21.6 Å². The Morgan fingerprint density at radius 2 is 2.00 bits per heavy atom. The number of benzene rings is 1. The molecule has 7 nitrogen and oxygen atoms in total. The zero-order chi connectivity index (χ0) is 13.8. The Kier molecular flexibility index (Phi) is 4.51. The van der Waals surface area contributed by atoms with Crippen LogP contribution in [0.2, 0.25) is 0 Å². The summed E-state index contributed by atoms with van der Waals surface area (Å²) in [6.45, 7) is 0. The first-order chi connectivity index (χ1) is 8.31. The van der Waals surface area contributed by atoms with E-state index < -0.39 is 16.4 Å². The molecule has 2 N–H and O–H groups in total. The molecular formula is C10H12O7S. The molecule has 0 aliphatic rings. The number of aryl methyl sites for hydroxylation is 1. The van der Waals surface area contributed by atoms with Gasteiger partial charge >= 0.3 is 16.4 Å². The van der Waals surface area contributed by atoms with Gasteiger partial charge in [0.25, 0.3) is 0 Å². The summed E-state index contributed by atoms with van der Waals surface area (Å²) >= 11 is 0. The largest absolute Gasteiger partial charge is 0.493 e. The summed E-state index contributed by atoms with van der Waals surface area (Å²) in [7, 11) is -3.32. The van der Waals surface area contributed by atoms with E-state index in [0.717, 1.165) is 0 Å². The first-order valence-corrected chi connectivity index (χ1v) is 6.24. The van der Waals surface area contributed by atoms with Crippen molar-refractivity contribution < 1.29 is 31.8 Å².